The molecule has 28 heavy (non-hydrogen) atoms. The fourth-order valence-corrected chi connectivity index (χ4v) is 3.15. The van der Waals surface area contributed by atoms with E-state index in [0.717, 1.165) is 18.1 Å². The van der Waals surface area contributed by atoms with E-state index in [1.807, 2.05) is 19.9 Å². The van der Waals surface area contributed by atoms with Crippen LogP contribution in [0.15, 0.2) is 39.5 Å². The zero-order valence-corrected chi connectivity index (χ0v) is 15.9. The number of carbonyl (C=O) groups excluding carboxylic acids is 1. The van der Waals surface area contributed by atoms with Crippen molar-refractivity contribution in [1.82, 2.24) is 20.0 Å². The summed E-state index contributed by atoms with van der Waals surface area (Å²) >= 11 is 0. The molecule has 0 spiro atoms. The summed E-state index contributed by atoms with van der Waals surface area (Å²) < 4.78 is 10.5. The molecular formula is C19H22N6O3. The van der Waals surface area contributed by atoms with Gasteiger partial charge in [-0.3, -0.25) is 4.79 Å². The minimum Gasteiger partial charge on any atom is -0.461 e. The topological polar surface area (TPSA) is 101 Å². The maximum atomic E-state index is 12.7. The van der Waals surface area contributed by atoms with Crippen molar-refractivity contribution in [3.05, 3.63) is 41.9 Å². The van der Waals surface area contributed by atoms with Gasteiger partial charge in [-0.05, 0) is 26.0 Å². The molecule has 3 aromatic rings. The van der Waals surface area contributed by atoms with E-state index >= 15 is 0 Å². The van der Waals surface area contributed by atoms with E-state index in [9.17, 15) is 4.79 Å². The molecule has 3 aromatic heterocycles. The molecule has 1 aliphatic rings. The number of nitrogens with one attached hydrogen (secondary N) is 1. The zero-order valence-electron chi connectivity index (χ0n) is 15.9. The number of rotatable bonds is 5. The highest BCUT2D eigenvalue weighted by Gasteiger charge is 2.26. The third kappa shape index (κ3) is 3.68. The number of amides is 1. The van der Waals surface area contributed by atoms with Gasteiger partial charge in [0.25, 0.3) is 5.91 Å². The summed E-state index contributed by atoms with van der Waals surface area (Å²) in [7, 11) is 0. The van der Waals surface area contributed by atoms with E-state index in [2.05, 4.69) is 25.3 Å². The highest BCUT2D eigenvalue weighted by Crippen LogP contribution is 2.22. The van der Waals surface area contributed by atoms with Gasteiger partial charge in [0.2, 0.25) is 11.7 Å². The van der Waals surface area contributed by atoms with Crippen molar-refractivity contribution in [2.45, 2.75) is 13.8 Å². The molecule has 1 aliphatic heterocycles. The lowest BCUT2D eigenvalue weighted by molar-refractivity contribution is 0.0736. The second-order valence-electron chi connectivity index (χ2n) is 6.56. The molecule has 0 saturated carbocycles. The molecule has 0 atom stereocenters. The van der Waals surface area contributed by atoms with Crippen molar-refractivity contribution in [3.63, 3.8) is 0 Å². The van der Waals surface area contributed by atoms with Crippen molar-refractivity contribution in [3.8, 4) is 11.5 Å². The van der Waals surface area contributed by atoms with Crippen molar-refractivity contribution >= 4 is 17.7 Å². The smallest absolute Gasteiger partial charge is 0.276 e. The van der Waals surface area contributed by atoms with Gasteiger partial charge < -0.3 is 24.1 Å². The van der Waals surface area contributed by atoms with Gasteiger partial charge in [0, 0.05) is 50.6 Å². The highest BCUT2D eigenvalue weighted by molar-refractivity contribution is 5.93. The number of aryl methyl sites for hydroxylation is 1. The monoisotopic (exact) mass is 382 g/mol. The molecule has 0 aliphatic carbocycles. The van der Waals surface area contributed by atoms with Gasteiger partial charge in [-0.25, -0.2) is 4.98 Å². The Morgan fingerprint density at radius 1 is 1.18 bits per heavy atom. The number of hydrogen-bond acceptors (Lipinski definition) is 8. The van der Waals surface area contributed by atoms with Crippen molar-refractivity contribution in [2.75, 3.05) is 42.9 Å². The lowest BCUT2D eigenvalue weighted by Crippen LogP contribution is -2.49. The second-order valence-corrected chi connectivity index (χ2v) is 6.56. The van der Waals surface area contributed by atoms with Crippen LogP contribution in [0, 0.1) is 6.92 Å². The number of aromatic nitrogens is 3. The Labute approximate surface area is 162 Å². The normalized spacial score (nSPS) is 14.4. The molecule has 146 valence electrons. The Morgan fingerprint density at radius 3 is 2.71 bits per heavy atom. The van der Waals surface area contributed by atoms with Crippen LogP contribution < -0.4 is 10.2 Å². The van der Waals surface area contributed by atoms with E-state index in [1.165, 1.54) is 0 Å². The van der Waals surface area contributed by atoms with E-state index in [4.69, 9.17) is 8.94 Å². The van der Waals surface area contributed by atoms with Gasteiger partial charge in [-0.2, -0.15) is 4.98 Å². The molecule has 1 amide bonds. The lowest BCUT2D eigenvalue weighted by atomic mass is 10.2. The summed E-state index contributed by atoms with van der Waals surface area (Å²) in [6.07, 6.45) is 1.55. The molecular weight excluding hydrogens is 360 g/mol. The Morgan fingerprint density at radius 2 is 2.00 bits per heavy atom. The molecule has 9 nitrogen and oxygen atoms in total. The van der Waals surface area contributed by atoms with Crippen LogP contribution in [-0.4, -0.2) is 58.7 Å². The number of carbonyl (C=O) groups is 1. The Hall–Kier alpha value is -3.36. The summed E-state index contributed by atoms with van der Waals surface area (Å²) in [4.78, 5) is 25.7. The molecule has 0 unspecified atom stereocenters. The van der Waals surface area contributed by atoms with Crippen LogP contribution in [0.5, 0.6) is 0 Å². The predicted molar refractivity (Wildman–Crippen MR) is 103 cm³/mol. The average molecular weight is 382 g/mol. The second kappa shape index (κ2) is 7.71. The van der Waals surface area contributed by atoms with Crippen molar-refractivity contribution < 1.29 is 13.7 Å². The van der Waals surface area contributed by atoms with Gasteiger partial charge in [0.1, 0.15) is 5.82 Å². The molecule has 0 radical (unpaired) electrons. The molecule has 4 rings (SSSR count). The predicted octanol–water partition coefficient (Wildman–Crippen LogP) is 2.43. The minimum atomic E-state index is -0.153. The van der Waals surface area contributed by atoms with E-state index in [-0.39, 0.29) is 11.6 Å². The minimum absolute atomic E-state index is 0.153. The zero-order chi connectivity index (χ0) is 19.5. The fourth-order valence-electron chi connectivity index (χ4n) is 3.15. The molecule has 0 aromatic carbocycles. The maximum Gasteiger partial charge on any atom is 0.276 e. The number of piperazine rings is 1. The largest absolute Gasteiger partial charge is 0.461 e. The summed E-state index contributed by atoms with van der Waals surface area (Å²) in [6, 6.07) is 7.05. The van der Waals surface area contributed by atoms with E-state index < -0.39 is 0 Å². The summed E-state index contributed by atoms with van der Waals surface area (Å²) in [5.74, 6) is 2.33. The number of hydrogen-bond donors (Lipinski definition) is 1. The van der Waals surface area contributed by atoms with E-state index in [0.29, 0.717) is 43.6 Å². The first-order chi connectivity index (χ1) is 13.6. The first kappa shape index (κ1) is 18.0. The van der Waals surface area contributed by atoms with Gasteiger partial charge in [-0.15, -0.1) is 0 Å². The van der Waals surface area contributed by atoms with Gasteiger partial charge in [-0.1, -0.05) is 5.16 Å². The molecule has 1 saturated heterocycles. The molecule has 1 N–H and O–H groups in total. The number of nitrogens with zero attached hydrogens (tertiary/aromatic N) is 5. The Bertz CT molecular complexity index is 944. The maximum absolute atomic E-state index is 12.7. The third-order valence-corrected chi connectivity index (χ3v) is 4.54. The van der Waals surface area contributed by atoms with Crippen LogP contribution in [0.25, 0.3) is 11.5 Å². The number of anilines is 2. The number of furan rings is 1. The summed E-state index contributed by atoms with van der Waals surface area (Å²) in [5.41, 5.74) is 1.19. The van der Waals surface area contributed by atoms with Crippen LogP contribution >= 0.6 is 0 Å². The summed E-state index contributed by atoms with van der Waals surface area (Å²) in [6.45, 7) is 7.23. The van der Waals surface area contributed by atoms with Gasteiger partial charge >= 0.3 is 0 Å². The SMILES string of the molecule is CCNc1cc(C)nc(N2CCN(C(=O)c3cc(-c4ccco4)on3)CC2)n1. The van der Waals surface area contributed by atoms with Gasteiger partial charge in [0.05, 0.1) is 6.26 Å². The van der Waals surface area contributed by atoms with E-state index in [1.54, 1.807) is 29.4 Å². The fraction of sp³-hybridized carbons (Fsp3) is 0.368. The first-order valence-corrected chi connectivity index (χ1v) is 9.28. The van der Waals surface area contributed by atoms with Gasteiger partial charge in [0.15, 0.2) is 11.5 Å². The Balaban J connectivity index is 1.41. The van der Waals surface area contributed by atoms with Crippen molar-refractivity contribution in [2.24, 2.45) is 0 Å². The van der Waals surface area contributed by atoms with Crippen LogP contribution in [-0.2, 0) is 0 Å². The molecule has 9 heteroatoms. The van der Waals surface area contributed by atoms with Crippen LogP contribution in [0.1, 0.15) is 23.1 Å². The quantitative estimate of drug-likeness (QED) is 0.718. The third-order valence-electron chi connectivity index (χ3n) is 4.54. The first-order valence-electron chi connectivity index (χ1n) is 9.28. The highest BCUT2D eigenvalue weighted by atomic mass is 16.5. The van der Waals surface area contributed by atoms with Crippen LogP contribution in [0.2, 0.25) is 0 Å². The van der Waals surface area contributed by atoms with Crippen molar-refractivity contribution in [1.29, 1.82) is 0 Å². The van der Waals surface area contributed by atoms with Crippen LogP contribution in [0.3, 0.4) is 0 Å². The standard InChI is InChI=1S/C19H22N6O3/c1-3-20-17-11-13(2)21-19(22-17)25-8-6-24(7-9-25)18(26)14-12-16(28-23-14)15-5-4-10-27-15/h4-5,10-12H,3,6-9H2,1-2H3,(H,20,21,22). The molecule has 4 heterocycles. The lowest BCUT2D eigenvalue weighted by Gasteiger charge is -2.34. The summed E-state index contributed by atoms with van der Waals surface area (Å²) in [5, 5.41) is 7.12. The average Bonchev–Trinajstić information content (AvgIpc) is 3.39. The van der Waals surface area contributed by atoms with Crippen LogP contribution in [0.4, 0.5) is 11.8 Å². The molecule has 0 bridgehead atoms. The Kier molecular flexibility index (Phi) is 4.96. The molecule has 1 fully saturated rings.